The molecular weight excluding hydrogens is 258 g/mol. The summed E-state index contributed by atoms with van der Waals surface area (Å²) >= 11 is 0. The number of carbonyl (C=O) groups is 1. The SMILES string of the molecule is COC(=O)CCNC[C@H]1O[C@H](OC)[C@@H](O)[C@@H](O)[C@@H]1O. The first-order chi connectivity index (χ1) is 9.01. The highest BCUT2D eigenvalue weighted by Gasteiger charge is 2.43. The largest absolute Gasteiger partial charge is 0.469 e. The van der Waals surface area contributed by atoms with E-state index < -0.39 is 30.7 Å². The normalized spacial score (nSPS) is 35.1. The average Bonchev–Trinajstić information content (AvgIpc) is 2.42. The molecule has 0 spiro atoms. The predicted molar refractivity (Wildman–Crippen MR) is 63.2 cm³/mol. The molecule has 0 aliphatic carbocycles. The monoisotopic (exact) mass is 279 g/mol. The first-order valence-corrected chi connectivity index (χ1v) is 6.01. The number of aliphatic hydroxyl groups excluding tert-OH is 3. The van der Waals surface area contributed by atoms with Crippen LogP contribution in [0, 0.1) is 0 Å². The van der Waals surface area contributed by atoms with E-state index in [9.17, 15) is 20.1 Å². The van der Waals surface area contributed by atoms with E-state index in [-0.39, 0.29) is 18.9 Å². The van der Waals surface area contributed by atoms with Gasteiger partial charge < -0.3 is 34.8 Å². The fourth-order valence-electron chi connectivity index (χ4n) is 1.82. The lowest BCUT2D eigenvalue weighted by Crippen LogP contribution is -2.60. The molecule has 19 heavy (non-hydrogen) atoms. The lowest BCUT2D eigenvalue weighted by Gasteiger charge is -2.39. The van der Waals surface area contributed by atoms with Crippen LogP contribution in [0.2, 0.25) is 0 Å². The van der Waals surface area contributed by atoms with Gasteiger partial charge in [-0.2, -0.15) is 0 Å². The second-order valence-electron chi connectivity index (χ2n) is 4.28. The molecular formula is C11H21NO7. The Morgan fingerprint density at radius 1 is 1.21 bits per heavy atom. The molecule has 1 aliphatic heterocycles. The molecule has 0 radical (unpaired) electrons. The van der Waals surface area contributed by atoms with Crippen LogP contribution in [0.5, 0.6) is 0 Å². The summed E-state index contributed by atoms with van der Waals surface area (Å²) in [5.41, 5.74) is 0. The van der Waals surface area contributed by atoms with Gasteiger partial charge in [0.25, 0.3) is 0 Å². The fraction of sp³-hybridized carbons (Fsp3) is 0.909. The van der Waals surface area contributed by atoms with Gasteiger partial charge in [-0.05, 0) is 0 Å². The number of methoxy groups -OCH3 is 2. The van der Waals surface area contributed by atoms with Crippen LogP contribution in [-0.2, 0) is 19.0 Å². The van der Waals surface area contributed by atoms with Gasteiger partial charge in [0.05, 0.1) is 13.5 Å². The highest BCUT2D eigenvalue weighted by atomic mass is 16.7. The molecule has 0 aromatic rings. The van der Waals surface area contributed by atoms with Crippen LogP contribution >= 0.6 is 0 Å². The molecule has 112 valence electrons. The third-order valence-corrected chi connectivity index (χ3v) is 2.98. The molecule has 8 heteroatoms. The minimum atomic E-state index is -1.34. The number of hydrogen-bond acceptors (Lipinski definition) is 8. The van der Waals surface area contributed by atoms with Crippen LogP contribution in [0.4, 0.5) is 0 Å². The number of esters is 1. The highest BCUT2D eigenvalue weighted by molar-refractivity contribution is 5.69. The molecule has 1 aliphatic rings. The van der Waals surface area contributed by atoms with Gasteiger partial charge in [-0.15, -0.1) is 0 Å². The van der Waals surface area contributed by atoms with E-state index in [1.54, 1.807) is 0 Å². The van der Waals surface area contributed by atoms with E-state index in [0.29, 0.717) is 6.54 Å². The van der Waals surface area contributed by atoms with E-state index in [1.165, 1.54) is 14.2 Å². The summed E-state index contributed by atoms with van der Waals surface area (Å²) in [7, 11) is 2.64. The van der Waals surface area contributed by atoms with Crippen molar-refractivity contribution in [2.45, 2.75) is 37.1 Å². The van der Waals surface area contributed by atoms with Gasteiger partial charge in [0, 0.05) is 20.2 Å². The average molecular weight is 279 g/mol. The molecule has 1 rings (SSSR count). The zero-order valence-electron chi connectivity index (χ0n) is 11.0. The number of nitrogens with one attached hydrogen (secondary N) is 1. The standard InChI is InChI=1S/C11H21NO7/c1-17-7(13)3-4-12-5-6-8(14)9(15)10(16)11(18-2)19-6/h6,8-12,14-16H,3-5H2,1-2H3/t6-,8-,9+,10+,11+/m1/s1. The molecule has 1 fully saturated rings. The smallest absolute Gasteiger partial charge is 0.306 e. The topological polar surface area (TPSA) is 117 Å². The van der Waals surface area contributed by atoms with Crippen molar-refractivity contribution < 1.29 is 34.3 Å². The van der Waals surface area contributed by atoms with Crippen molar-refractivity contribution in [2.24, 2.45) is 0 Å². The molecule has 8 nitrogen and oxygen atoms in total. The summed E-state index contributed by atoms with van der Waals surface area (Å²) in [6, 6.07) is 0. The lowest BCUT2D eigenvalue weighted by atomic mass is 9.99. The van der Waals surface area contributed by atoms with Crippen molar-refractivity contribution in [2.75, 3.05) is 27.3 Å². The summed E-state index contributed by atoms with van der Waals surface area (Å²) in [5, 5.41) is 31.8. The number of hydrogen-bond donors (Lipinski definition) is 4. The van der Waals surface area contributed by atoms with Crippen molar-refractivity contribution in [3.63, 3.8) is 0 Å². The molecule has 0 unspecified atom stereocenters. The zero-order chi connectivity index (χ0) is 14.4. The quantitative estimate of drug-likeness (QED) is 0.314. The number of aliphatic hydroxyl groups is 3. The Kier molecular flexibility index (Phi) is 6.63. The van der Waals surface area contributed by atoms with Gasteiger partial charge in [0.2, 0.25) is 0 Å². The Bertz CT molecular complexity index is 286. The van der Waals surface area contributed by atoms with Gasteiger partial charge in [-0.3, -0.25) is 4.79 Å². The maximum Gasteiger partial charge on any atom is 0.306 e. The lowest BCUT2D eigenvalue weighted by molar-refractivity contribution is -0.288. The maximum atomic E-state index is 10.9. The minimum absolute atomic E-state index is 0.193. The van der Waals surface area contributed by atoms with Gasteiger partial charge >= 0.3 is 5.97 Å². The molecule has 4 N–H and O–H groups in total. The first kappa shape index (κ1) is 16.3. The Labute approximate surface area is 111 Å². The van der Waals surface area contributed by atoms with Crippen molar-refractivity contribution in [3.8, 4) is 0 Å². The van der Waals surface area contributed by atoms with E-state index in [4.69, 9.17) is 9.47 Å². The maximum absolute atomic E-state index is 10.9. The number of ether oxygens (including phenoxy) is 3. The summed E-state index contributed by atoms with van der Waals surface area (Å²) in [6.45, 7) is 0.567. The third-order valence-electron chi connectivity index (χ3n) is 2.98. The zero-order valence-corrected chi connectivity index (χ0v) is 11.0. The Morgan fingerprint density at radius 3 is 2.47 bits per heavy atom. The van der Waals surface area contributed by atoms with E-state index in [1.807, 2.05) is 0 Å². The molecule has 5 atom stereocenters. The van der Waals surface area contributed by atoms with Crippen LogP contribution in [0.1, 0.15) is 6.42 Å². The van der Waals surface area contributed by atoms with Crippen LogP contribution < -0.4 is 5.32 Å². The summed E-state index contributed by atoms with van der Waals surface area (Å²) in [5.74, 6) is -0.345. The molecule has 0 saturated carbocycles. The van der Waals surface area contributed by atoms with Crippen molar-refractivity contribution in [3.05, 3.63) is 0 Å². The van der Waals surface area contributed by atoms with Crippen LogP contribution in [-0.4, -0.2) is 79.3 Å². The van der Waals surface area contributed by atoms with Gasteiger partial charge in [-0.1, -0.05) is 0 Å². The number of carbonyl (C=O) groups excluding carboxylic acids is 1. The predicted octanol–water partition coefficient (Wildman–Crippen LogP) is -2.41. The number of rotatable bonds is 6. The van der Waals surface area contributed by atoms with Gasteiger partial charge in [-0.25, -0.2) is 0 Å². The van der Waals surface area contributed by atoms with Gasteiger partial charge in [0.1, 0.15) is 24.4 Å². The Morgan fingerprint density at radius 2 is 1.89 bits per heavy atom. The van der Waals surface area contributed by atoms with Crippen molar-refractivity contribution >= 4 is 5.97 Å². The van der Waals surface area contributed by atoms with Crippen LogP contribution in [0.15, 0.2) is 0 Å². The highest BCUT2D eigenvalue weighted by Crippen LogP contribution is 2.21. The van der Waals surface area contributed by atoms with E-state index in [0.717, 1.165) is 0 Å². The fourth-order valence-corrected chi connectivity index (χ4v) is 1.82. The van der Waals surface area contributed by atoms with Crippen LogP contribution in [0.25, 0.3) is 0 Å². The molecule has 0 aromatic carbocycles. The second kappa shape index (κ2) is 7.73. The Balaban J connectivity index is 2.37. The second-order valence-corrected chi connectivity index (χ2v) is 4.28. The van der Waals surface area contributed by atoms with E-state index >= 15 is 0 Å². The molecule has 0 aromatic heterocycles. The van der Waals surface area contributed by atoms with Crippen molar-refractivity contribution in [1.82, 2.24) is 5.32 Å². The van der Waals surface area contributed by atoms with Crippen molar-refractivity contribution in [1.29, 1.82) is 0 Å². The molecule has 1 heterocycles. The third kappa shape index (κ3) is 4.37. The molecule has 0 bridgehead atoms. The summed E-state index contributed by atoms with van der Waals surface area (Å²) in [4.78, 5) is 10.9. The molecule has 1 saturated heterocycles. The minimum Gasteiger partial charge on any atom is -0.469 e. The Hall–Kier alpha value is -0.770. The van der Waals surface area contributed by atoms with E-state index in [2.05, 4.69) is 10.1 Å². The first-order valence-electron chi connectivity index (χ1n) is 6.01. The molecule has 0 amide bonds. The summed E-state index contributed by atoms with van der Waals surface area (Å²) < 4.78 is 14.6. The van der Waals surface area contributed by atoms with Gasteiger partial charge in [0.15, 0.2) is 6.29 Å². The van der Waals surface area contributed by atoms with Crippen LogP contribution in [0.3, 0.4) is 0 Å². The summed E-state index contributed by atoms with van der Waals surface area (Å²) in [6.07, 6.45) is -5.41.